The Morgan fingerprint density at radius 2 is 1.78 bits per heavy atom. The number of amides is 2. The molecule has 0 bridgehead atoms. The van der Waals surface area contributed by atoms with E-state index in [2.05, 4.69) is 10.2 Å². The number of hydrogen-bond acceptors (Lipinski definition) is 3. The Morgan fingerprint density at radius 3 is 2.37 bits per heavy atom. The SMILES string of the molecule is CCNC(=O)[C@@H](C1CCCC1)N1CCN(C(=O)c2ccc(Cl)c(Cl)c2)CC1. The first-order valence-corrected chi connectivity index (χ1v) is 10.5. The Morgan fingerprint density at radius 1 is 1.11 bits per heavy atom. The molecule has 2 amide bonds. The molecule has 7 heteroatoms. The highest BCUT2D eigenvalue weighted by atomic mass is 35.5. The lowest BCUT2D eigenvalue weighted by Gasteiger charge is -2.40. The highest BCUT2D eigenvalue weighted by Gasteiger charge is 2.37. The van der Waals surface area contributed by atoms with Crippen LogP contribution in [0.15, 0.2) is 18.2 Å². The van der Waals surface area contributed by atoms with Crippen LogP contribution in [-0.2, 0) is 4.79 Å². The smallest absolute Gasteiger partial charge is 0.253 e. The minimum atomic E-state index is -0.0744. The molecule has 5 nitrogen and oxygen atoms in total. The summed E-state index contributed by atoms with van der Waals surface area (Å²) < 4.78 is 0. The van der Waals surface area contributed by atoms with E-state index in [0.717, 1.165) is 12.8 Å². The molecule has 1 aromatic rings. The maximum atomic E-state index is 12.8. The van der Waals surface area contributed by atoms with Gasteiger partial charge in [-0.15, -0.1) is 0 Å². The third-order valence-electron chi connectivity index (χ3n) is 5.63. The maximum absolute atomic E-state index is 12.8. The summed E-state index contributed by atoms with van der Waals surface area (Å²) in [5.41, 5.74) is 0.550. The average Bonchev–Trinajstić information content (AvgIpc) is 3.18. The Balaban J connectivity index is 1.64. The second kappa shape index (κ2) is 9.26. The summed E-state index contributed by atoms with van der Waals surface area (Å²) in [4.78, 5) is 29.5. The highest BCUT2D eigenvalue weighted by Crippen LogP contribution is 2.31. The van der Waals surface area contributed by atoms with Crippen molar-refractivity contribution in [3.8, 4) is 0 Å². The van der Waals surface area contributed by atoms with Crippen LogP contribution in [0.2, 0.25) is 10.0 Å². The zero-order valence-corrected chi connectivity index (χ0v) is 17.2. The van der Waals surface area contributed by atoms with Gasteiger partial charge in [0.15, 0.2) is 0 Å². The van der Waals surface area contributed by atoms with Gasteiger partial charge < -0.3 is 10.2 Å². The van der Waals surface area contributed by atoms with Crippen molar-refractivity contribution in [3.63, 3.8) is 0 Å². The molecule has 1 aliphatic carbocycles. The summed E-state index contributed by atoms with van der Waals surface area (Å²) in [6.45, 7) is 5.26. The van der Waals surface area contributed by atoms with Crippen molar-refractivity contribution in [1.29, 1.82) is 0 Å². The molecule has 1 N–H and O–H groups in total. The topological polar surface area (TPSA) is 52.7 Å². The Labute approximate surface area is 171 Å². The maximum Gasteiger partial charge on any atom is 0.253 e. The monoisotopic (exact) mass is 411 g/mol. The van der Waals surface area contributed by atoms with E-state index in [4.69, 9.17) is 23.2 Å². The Kier molecular flexibility index (Phi) is 7.01. The van der Waals surface area contributed by atoms with Crippen LogP contribution < -0.4 is 5.32 Å². The first kappa shape index (κ1) is 20.4. The van der Waals surface area contributed by atoms with E-state index in [1.54, 1.807) is 18.2 Å². The van der Waals surface area contributed by atoms with E-state index in [1.807, 2.05) is 11.8 Å². The minimum Gasteiger partial charge on any atom is -0.355 e. The lowest BCUT2D eigenvalue weighted by molar-refractivity contribution is -0.129. The molecule has 1 saturated carbocycles. The molecular formula is C20H27Cl2N3O2. The number of rotatable bonds is 5. The molecule has 0 spiro atoms. The van der Waals surface area contributed by atoms with Crippen LogP contribution in [0.5, 0.6) is 0 Å². The van der Waals surface area contributed by atoms with E-state index >= 15 is 0 Å². The average molecular weight is 412 g/mol. The third-order valence-corrected chi connectivity index (χ3v) is 6.37. The standard InChI is InChI=1S/C20H27Cl2N3O2/c1-2-23-19(26)18(14-5-3-4-6-14)24-9-11-25(12-10-24)20(27)15-7-8-16(21)17(22)13-15/h7-8,13-14,18H,2-6,9-12H2,1H3,(H,23,26)/t18-/m1/s1. The van der Waals surface area contributed by atoms with Crippen LogP contribution in [0.3, 0.4) is 0 Å². The van der Waals surface area contributed by atoms with Gasteiger partial charge in [0.1, 0.15) is 0 Å². The van der Waals surface area contributed by atoms with Crippen LogP contribution in [0, 0.1) is 5.92 Å². The fraction of sp³-hybridized carbons (Fsp3) is 0.600. The second-order valence-corrected chi connectivity index (χ2v) is 8.16. The van der Waals surface area contributed by atoms with Crippen LogP contribution in [0.1, 0.15) is 43.0 Å². The number of hydrogen-bond donors (Lipinski definition) is 1. The van der Waals surface area contributed by atoms with Gasteiger partial charge in [0.2, 0.25) is 5.91 Å². The van der Waals surface area contributed by atoms with Gasteiger partial charge in [-0.05, 0) is 43.9 Å². The van der Waals surface area contributed by atoms with Crippen LogP contribution >= 0.6 is 23.2 Å². The van der Waals surface area contributed by atoms with Crippen molar-refractivity contribution in [2.24, 2.45) is 5.92 Å². The molecule has 1 heterocycles. The molecule has 0 radical (unpaired) electrons. The number of nitrogens with one attached hydrogen (secondary N) is 1. The lowest BCUT2D eigenvalue weighted by atomic mass is 9.95. The van der Waals surface area contributed by atoms with Gasteiger partial charge in [-0.1, -0.05) is 36.0 Å². The molecule has 1 aliphatic heterocycles. The molecule has 0 unspecified atom stereocenters. The molecule has 1 atom stereocenters. The van der Waals surface area contributed by atoms with Gasteiger partial charge in [0.05, 0.1) is 16.1 Å². The van der Waals surface area contributed by atoms with Crippen molar-refractivity contribution in [2.75, 3.05) is 32.7 Å². The minimum absolute atomic E-state index is 0.0383. The molecule has 2 aliphatic rings. The fourth-order valence-electron chi connectivity index (χ4n) is 4.24. The fourth-order valence-corrected chi connectivity index (χ4v) is 4.54. The summed E-state index contributed by atoms with van der Waals surface area (Å²) in [5, 5.41) is 3.83. The van der Waals surface area contributed by atoms with Crippen molar-refractivity contribution >= 4 is 35.0 Å². The van der Waals surface area contributed by atoms with E-state index < -0.39 is 0 Å². The molecule has 1 aromatic carbocycles. The van der Waals surface area contributed by atoms with Crippen molar-refractivity contribution in [3.05, 3.63) is 33.8 Å². The summed E-state index contributed by atoms with van der Waals surface area (Å²) in [5.74, 6) is 0.520. The van der Waals surface area contributed by atoms with E-state index in [-0.39, 0.29) is 17.9 Å². The molecule has 0 aromatic heterocycles. The summed E-state index contributed by atoms with van der Waals surface area (Å²) in [6, 6.07) is 4.90. The van der Waals surface area contributed by atoms with E-state index in [1.165, 1.54) is 12.8 Å². The Bertz CT molecular complexity index is 684. The van der Waals surface area contributed by atoms with Crippen LogP contribution in [-0.4, -0.2) is 60.4 Å². The number of halogens is 2. The normalized spacial score (nSPS) is 19.9. The van der Waals surface area contributed by atoms with Crippen LogP contribution in [0.4, 0.5) is 0 Å². The molecule has 3 rings (SSSR count). The molecule has 27 heavy (non-hydrogen) atoms. The zero-order valence-electron chi connectivity index (χ0n) is 15.7. The predicted molar refractivity (Wildman–Crippen MR) is 108 cm³/mol. The molecule has 2 fully saturated rings. The van der Waals surface area contributed by atoms with E-state index in [9.17, 15) is 9.59 Å². The number of benzene rings is 1. The number of carbonyl (C=O) groups excluding carboxylic acids is 2. The van der Waals surface area contributed by atoms with Gasteiger partial charge in [-0.3, -0.25) is 14.5 Å². The molecule has 148 valence electrons. The molecular weight excluding hydrogens is 385 g/mol. The number of likely N-dealkylation sites (N-methyl/N-ethyl adjacent to an activating group) is 1. The van der Waals surface area contributed by atoms with Gasteiger partial charge in [-0.2, -0.15) is 0 Å². The summed E-state index contributed by atoms with van der Waals surface area (Å²) in [6.07, 6.45) is 4.64. The van der Waals surface area contributed by atoms with Gasteiger partial charge in [0, 0.05) is 38.3 Å². The second-order valence-electron chi connectivity index (χ2n) is 7.34. The summed E-state index contributed by atoms with van der Waals surface area (Å²) in [7, 11) is 0. The quantitative estimate of drug-likeness (QED) is 0.806. The van der Waals surface area contributed by atoms with Gasteiger partial charge >= 0.3 is 0 Å². The zero-order chi connectivity index (χ0) is 19.4. The number of piperazine rings is 1. The first-order chi connectivity index (χ1) is 13.0. The van der Waals surface area contributed by atoms with E-state index in [0.29, 0.717) is 54.3 Å². The Hall–Kier alpha value is -1.30. The number of carbonyl (C=O) groups is 2. The van der Waals surface area contributed by atoms with Crippen molar-refractivity contribution in [2.45, 2.75) is 38.6 Å². The van der Waals surface area contributed by atoms with Gasteiger partial charge in [-0.25, -0.2) is 0 Å². The van der Waals surface area contributed by atoms with Crippen molar-refractivity contribution in [1.82, 2.24) is 15.1 Å². The predicted octanol–water partition coefficient (Wildman–Crippen LogP) is 3.45. The van der Waals surface area contributed by atoms with Crippen molar-refractivity contribution < 1.29 is 9.59 Å². The first-order valence-electron chi connectivity index (χ1n) is 9.77. The lowest BCUT2D eigenvalue weighted by Crippen LogP contribution is -2.58. The number of nitrogens with zero attached hydrogens (tertiary/aromatic N) is 2. The third kappa shape index (κ3) is 4.76. The van der Waals surface area contributed by atoms with Gasteiger partial charge in [0.25, 0.3) is 5.91 Å². The highest BCUT2D eigenvalue weighted by molar-refractivity contribution is 6.42. The largest absolute Gasteiger partial charge is 0.355 e. The molecule has 1 saturated heterocycles. The summed E-state index contributed by atoms with van der Waals surface area (Å²) >= 11 is 12.0. The van der Waals surface area contributed by atoms with Crippen LogP contribution in [0.25, 0.3) is 0 Å².